The van der Waals surface area contributed by atoms with Crippen molar-refractivity contribution in [1.82, 2.24) is 4.13 Å². The van der Waals surface area contributed by atoms with E-state index in [0.29, 0.717) is 0 Å². The van der Waals surface area contributed by atoms with E-state index in [-0.39, 0.29) is 4.90 Å². The molecule has 0 aliphatic heterocycles. The third-order valence-corrected chi connectivity index (χ3v) is 5.10. The average molecular weight is 243 g/mol. The largest absolute Gasteiger partial charge is 0.249 e. The highest BCUT2D eigenvalue weighted by molar-refractivity contribution is 8.22. The normalized spacial score (nSPS) is 13.7. The number of nitrogens with one attached hydrogen (secondary N) is 1. The van der Waals surface area contributed by atoms with Crippen molar-refractivity contribution >= 4 is 26.1 Å². The Morgan fingerprint density at radius 3 is 2.40 bits per heavy atom. The van der Waals surface area contributed by atoms with E-state index in [9.17, 15) is 8.42 Å². The summed E-state index contributed by atoms with van der Waals surface area (Å²) in [4.78, 5) is 0.270. The number of hydrogen-bond acceptors (Lipinski definition) is 2. The first-order valence-corrected chi connectivity index (χ1v) is 7.15. The SMILES string of the molecule is C=CS(=CC)NS(=O)(=O)c1ccccc1. The van der Waals surface area contributed by atoms with Gasteiger partial charge in [0.15, 0.2) is 0 Å². The third kappa shape index (κ3) is 3.30. The molecule has 0 aromatic heterocycles. The van der Waals surface area contributed by atoms with Crippen LogP contribution in [0.4, 0.5) is 0 Å². The van der Waals surface area contributed by atoms with Crippen LogP contribution in [0.5, 0.6) is 0 Å². The van der Waals surface area contributed by atoms with Crippen LogP contribution in [-0.2, 0) is 10.0 Å². The second-order valence-corrected chi connectivity index (χ2v) is 6.37. The van der Waals surface area contributed by atoms with Crippen LogP contribution in [0.25, 0.3) is 0 Å². The molecule has 0 heterocycles. The second-order valence-electron chi connectivity index (χ2n) is 2.67. The van der Waals surface area contributed by atoms with Gasteiger partial charge in [0.05, 0.1) is 4.90 Å². The molecule has 0 bridgehead atoms. The summed E-state index contributed by atoms with van der Waals surface area (Å²) < 4.78 is 26.1. The molecule has 0 amide bonds. The summed E-state index contributed by atoms with van der Waals surface area (Å²) in [7, 11) is -4.03. The Balaban J connectivity index is 3.00. The molecule has 3 nitrogen and oxygen atoms in total. The molecule has 1 atom stereocenters. The highest BCUT2D eigenvalue weighted by Gasteiger charge is 2.12. The standard InChI is InChI=1S/C10H13NO2S2/c1-3-14(4-2)11-15(12,13)10-8-6-5-7-9-10/h3-9,11H,1H2,2H3. The van der Waals surface area contributed by atoms with Gasteiger partial charge in [0.1, 0.15) is 0 Å². The van der Waals surface area contributed by atoms with Gasteiger partial charge >= 0.3 is 0 Å². The Morgan fingerprint density at radius 2 is 1.93 bits per heavy atom. The van der Waals surface area contributed by atoms with Crippen LogP contribution in [-0.4, -0.2) is 13.8 Å². The lowest BCUT2D eigenvalue weighted by Gasteiger charge is -2.07. The van der Waals surface area contributed by atoms with Gasteiger partial charge in [-0.3, -0.25) is 0 Å². The Kier molecular flexibility index (Phi) is 4.26. The minimum Gasteiger partial charge on any atom is -0.206 e. The monoisotopic (exact) mass is 243 g/mol. The minimum atomic E-state index is -3.42. The van der Waals surface area contributed by atoms with Gasteiger partial charge in [0.25, 0.3) is 0 Å². The molecule has 0 aliphatic rings. The average Bonchev–Trinajstić information content (AvgIpc) is 2.27. The Labute approximate surface area is 92.9 Å². The van der Waals surface area contributed by atoms with Gasteiger partial charge in [-0.2, -0.15) is 4.13 Å². The van der Waals surface area contributed by atoms with E-state index in [1.54, 1.807) is 48.0 Å². The first kappa shape index (κ1) is 12.2. The van der Waals surface area contributed by atoms with E-state index in [4.69, 9.17) is 0 Å². The van der Waals surface area contributed by atoms with E-state index >= 15 is 0 Å². The predicted molar refractivity (Wildman–Crippen MR) is 66.3 cm³/mol. The van der Waals surface area contributed by atoms with Crippen LogP contribution < -0.4 is 4.13 Å². The summed E-state index contributed by atoms with van der Waals surface area (Å²) in [6.45, 7) is 5.35. The van der Waals surface area contributed by atoms with E-state index in [1.807, 2.05) is 0 Å². The molecule has 0 aliphatic carbocycles. The second kappa shape index (κ2) is 5.25. The van der Waals surface area contributed by atoms with Crippen molar-refractivity contribution in [3.05, 3.63) is 42.3 Å². The molecule has 1 rings (SSSR count). The smallest absolute Gasteiger partial charge is 0.206 e. The molecule has 0 fully saturated rings. The minimum absolute atomic E-state index is 0.270. The maximum atomic E-state index is 11.8. The maximum absolute atomic E-state index is 11.8. The van der Waals surface area contributed by atoms with Gasteiger partial charge in [-0.25, -0.2) is 8.42 Å². The van der Waals surface area contributed by atoms with Crippen molar-refractivity contribution in [1.29, 1.82) is 0 Å². The molecular weight excluding hydrogens is 230 g/mol. The molecule has 0 saturated heterocycles. The van der Waals surface area contributed by atoms with Gasteiger partial charge in [-0.15, -0.1) is 0 Å². The van der Waals surface area contributed by atoms with Crippen LogP contribution in [0.15, 0.2) is 47.2 Å². The number of benzene rings is 1. The van der Waals surface area contributed by atoms with Crippen LogP contribution in [0.2, 0.25) is 0 Å². The highest BCUT2D eigenvalue weighted by atomic mass is 32.3. The predicted octanol–water partition coefficient (Wildman–Crippen LogP) is 2.11. The van der Waals surface area contributed by atoms with Crippen molar-refractivity contribution in [3.8, 4) is 0 Å². The maximum Gasteiger partial charge on any atom is 0.249 e. The third-order valence-electron chi connectivity index (χ3n) is 1.69. The molecule has 1 aromatic carbocycles. The van der Waals surface area contributed by atoms with E-state index in [2.05, 4.69) is 10.7 Å². The lowest BCUT2D eigenvalue weighted by Crippen LogP contribution is -2.17. The van der Waals surface area contributed by atoms with Gasteiger partial charge in [-0.05, 0) is 29.8 Å². The summed E-state index contributed by atoms with van der Waals surface area (Å²) in [5, 5.41) is 3.33. The van der Waals surface area contributed by atoms with Gasteiger partial charge in [0.2, 0.25) is 10.0 Å². The van der Waals surface area contributed by atoms with Gasteiger partial charge < -0.3 is 0 Å². The van der Waals surface area contributed by atoms with Crippen molar-refractivity contribution in [2.45, 2.75) is 11.8 Å². The lowest BCUT2D eigenvalue weighted by atomic mass is 10.4. The van der Waals surface area contributed by atoms with Crippen LogP contribution in [0.3, 0.4) is 0 Å². The molecule has 15 heavy (non-hydrogen) atoms. The van der Waals surface area contributed by atoms with Crippen LogP contribution in [0, 0.1) is 0 Å². The van der Waals surface area contributed by atoms with Crippen LogP contribution in [0.1, 0.15) is 6.92 Å². The van der Waals surface area contributed by atoms with Crippen molar-refractivity contribution in [2.75, 3.05) is 0 Å². The fourth-order valence-electron chi connectivity index (χ4n) is 0.953. The molecule has 1 aromatic rings. The van der Waals surface area contributed by atoms with Crippen molar-refractivity contribution in [2.24, 2.45) is 0 Å². The molecule has 1 unspecified atom stereocenters. The molecular formula is C10H13NO2S2. The summed E-state index contributed by atoms with van der Waals surface area (Å²) in [6.07, 6.45) is 0. The molecule has 0 spiro atoms. The molecule has 82 valence electrons. The van der Waals surface area contributed by atoms with Gasteiger partial charge in [0, 0.05) is 0 Å². The number of sulfonamides is 1. The summed E-state index contributed by atoms with van der Waals surface area (Å²) in [5.41, 5.74) is 0. The zero-order chi connectivity index (χ0) is 11.3. The molecule has 0 radical (unpaired) electrons. The summed E-state index contributed by atoms with van der Waals surface area (Å²) >= 11 is 0. The Bertz CT molecular complexity index is 463. The number of rotatable bonds is 4. The zero-order valence-corrected chi connectivity index (χ0v) is 10.0. The zero-order valence-electron chi connectivity index (χ0n) is 8.38. The fourth-order valence-corrected chi connectivity index (χ4v) is 3.72. The van der Waals surface area contributed by atoms with E-state index in [1.165, 1.54) is 0 Å². The van der Waals surface area contributed by atoms with Gasteiger partial charge in [-0.1, -0.05) is 35.4 Å². The summed E-state index contributed by atoms with van der Waals surface area (Å²) in [5.74, 6) is 0. The van der Waals surface area contributed by atoms with Crippen LogP contribution >= 0.6 is 10.7 Å². The Hall–Kier alpha value is -0.910. The molecule has 5 heteroatoms. The van der Waals surface area contributed by atoms with Crippen molar-refractivity contribution in [3.63, 3.8) is 0 Å². The highest BCUT2D eigenvalue weighted by Crippen LogP contribution is 2.14. The quantitative estimate of drug-likeness (QED) is 0.823. The van der Waals surface area contributed by atoms with E-state index < -0.39 is 20.7 Å². The first-order valence-electron chi connectivity index (χ1n) is 4.31. The fraction of sp³-hybridized carbons (Fsp3) is 0.100. The topological polar surface area (TPSA) is 46.2 Å². The number of hydrogen-bond donors (Lipinski definition) is 1. The van der Waals surface area contributed by atoms with E-state index in [0.717, 1.165) is 0 Å². The van der Waals surface area contributed by atoms with Crippen molar-refractivity contribution < 1.29 is 8.42 Å². The summed E-state index contributed by atoms with van der Waals surface area (Å²) in [6, 6.07) is 8.27. The molecule has 0 saturated carbocycles. The Morgan fingerprint density at radius 1 is 1.33 bits per heavy atom. The first-order chi connectivity index (χ1) is 7.10. The molecule has 1 N–H and O–H groups in total. The lowest BCUT2D eigenvalue weighted by molar-refractivity contribution is 0.594.